The fourth-order valence-corrected chi connectivity index (χ4v) is 8.69. The number of benzene rings is 3. The van der Waals surface area contributed by atoms with Gasteiger partial charge in [-0.2, -0.15) is 26.3 Å². The van der Waals surface area contributed by atoms with Crippen LogP contribution in [0, 0.1) is 17.5 Å². The van der Waals surface area contributed by atoms with Gasteiger partial charge in [0.25, 0.3) is 5.60 Å². The molecule has 5 nitrogen and oxygen atoms in total. The minimum Gasteiger partial charge on any atom is -0.379 e. The summed E-state index contributed by atoms with van der Waals surface area (Å²) < 4.78 is 165. The first kappa shape index (κ1) is 35.2. The smallest absolute Gasteiger partial charge is 0.379 e. The second-order valence-corrected chi connectivity index (χ2v) is 13.8. The Morgan fingerprint density at radius 1 is 0.787 bits per heavy atom. The molecular formula is C32H30F9NO4S. The molecule has 2 aliphatic rings. The van der Waals surface area contributed by atoms with Crippen LogP contribution in [0.3, 0.4) is 0 Å². The van der Waals surface area contributed by atoms with E-state index in [0.29, 0.717) is 63.4 Å². The summed E-state index contributed by atoms with van der Waals surface area (Å²) in [7, 11) is -4.38. The molecule has 1 heterocycles. The summed E-state index contributed by atoms with van der Waals surface area (Å²) in [6, 6.07) is 8.89. The molecule has 3 aromatic rings. The molecule has 0 radical (unpaired) electrons. The second kappa shape index (κ2) is 13.1. The van der Waals surface area contributed by atoms with E-state index >= 15 is 0 Å². The lowest BCUT2D eigenvalue weighted by Crippen LogP contribution is -2.56. The number of sulfone groups is 1. The Kier molecular flexibility index (Phi) is 9.77. The minimum absolute atomic E-state index is 0.0270. The van der Waals surface area contributed by atoms with Crippen molar-refractivity contribution in [2.24, 2.45) is 0 Å². The molecule has 1 aliphatic carbocycles. The molecule has 1 saturated heterocycles. The van der Waals surface area contributed by atoms with Crippen LogP contribution in [0.1, 0.15) is 42.4 Å². The summed E-state index contributed by atoms with van der Waals surface area (Å²) in [6.45, 7) is 0.492. The number of alkyl halides is 6. The summed E-state index contributed by atoms with van der Waals surface area (Å²) in [5.41, 5.74) is -7.69. The largest absolute Gasteiger partial charge is 0.430 e. The van der Waals surface area contributed by atoms with E-state index in [9.17, 15) is 47.9 Å². The summed E-state index contributed by atoms with van der Waals surface area (Å²) in [5.74, 6) is -3.51. The lowest BCUT2D eigenvalue weighted by Gasteiger charge is -2.44. The standard InChI is InChI=1S/C32H30F9NO4S/c33-23-8-10-25(11-9-23)47(43,44)29(14-12-24(13-15-29)42-16-18-45-19-17-42)21-4-6-22(7-5-21)30(31(36,37)38,32(39,40)41)46-20-26-27(34)2-1-3-28(26)35/h1-11,24H,12-20H2/t24-,29+. The molecule has 0 amide bonds. The van der Waals surface area contributed by atoms with E-state index < -0.39 is 67.7 Å². The Bertz CT molecular complexity index is 1610. The average Bonchev–Trinajstić information content (AvgIpc) is 3.02. The third kappa shape index (κ3) is 6.39. The van der Waals surface area contributed by atoms with Gasteiger partial charge in [-0.15, -0.1) is 0 Å². The molecule has 5 rings (SSSR count). The zero-order valence-corrected chi connectivity index (χ0v) is 25.5. The fourth-order valence-electron chi connectivity index (χ4n) is 6.52. The second-order valence-electron chi connectivity index (χ2n) is 11.6. The summed E-state index contributed by atoms with van der Waals surface area (Å²) in [6.07, 6.45) is -11.7. The molecule has 0 unspecified atom stereocenters. The normalized spacial score (nSPS) is 21.9. The van der Waals surface area contributed by atoms with Crippen LogP contribution in [0.5, 0.6) is 0 Å². The van der Waals surface area contributed by atoms with E-state index in [4.69, 9.17) is 4.74 Å². The Morgan fingerprint density at radius 3 is 1.83 bits per heavy atom. The van der Waals surface area contributed by atoms with Crippen LogP contribution in [0.4, 0.5) is 39.5 Å². The van der Waals surface area contributed by atoms with Crippen LogP contribution in [0.25, 0.3) is 0 Å². The highest BCUT2D eigenvalue weighted by molar-refractivity contribution is 7.92. The van der Waals surface area contributed by atoms with Gasteiger partial charge in [-0.05, 0) is 67.6 Å². The zero-order valence-electron chi connectivity index (χ0n) is 24.7. The van der Waals surface area contributed by atoms with Crippen molar-refractivity contribution in [2.75, 3.05) is 26.3 Å². The van der Waals surface area contributed by atoms with Crippen molar-refractivity contribution in [3.05, 3.63) is 101 Å². The average molecular weight is 696 g/mol. The molecule has 0 aromatic heterocycles. The van der Waals surface area contributed by atoms with Gasteiger partial charge >= 0.3 is 12.4 Å². The first-order valence-electron chi connectivity index (χ1n) is 14.7. The van der Waals surface area contributed by atoms with Crippen molar-refractivity contribution in [2.45, 2.75) is 65.9 Å². The molecule has 15 heteroatoms. The van der Waals surface area contributed by atoms with Gasteiger partial charge in [0, 0.05) is 30.3 Å². The van der Waals surface area contributed by atoms with Crippen LogP contribution in [-0.4, -0.2) is 58.0 Å². The van der Waals surface area contributed by atoms with Gasteiger partial charge in [0.15, 0.2) is 9.84 Å². The number of halogens is 9. The lowest BCUT2D eigenvalue weighted by molar-refractivity contribution is -0.392. The highest BCUT2D eigenvalue weighted by atomic mass is 32.2. The zero-order chi connectivity index (χ0) is 34.3. The van der Waals surface area contributed by atoms with Crippen LogP contribution < -0.4 is 0 Å². The molecule has 0 atom stereocenters. The van der Waals surface area contributed by atoms with Crippen LogP contribution in [0.2, 0.25) is 0 Å². The molecule has 0 N–H and O–H groups in total. The molecule has 2 fully saturated rings. The quantitative estimate of drug-likeness (QED) is 0.180. The van der Waals surface area contributed by atoms with Gasteiger partial charge in [-0.25, -0.2) is 21.6 Å². The van der Waals surface area contributed by atoms with Crippen LogP contribution in [0.15, 0.2) is 71.6 Å². The SMILES string of the molecule is O=S(=O)(c1ccc(F)cc1)[C@]1(c2ccc(C(OCc3c(F)cccc3F)(C(F)(F)F)C(F)(F)F)cc2)CC[C@H](N2CCOCC2)CC1. The number of hydrogen-bond donors (Lipinski definition) is 0. The maximum Gasteiger partial charge on any atom is 0.430 e. The van der Waals surface area contributed by atoms with E-state index in [0.717, 1.165) is 42.5 Å². The summed E-state index contributed by atoms with van der Waals surface area (Å²) in [4.78, 5) is 1.89. The van der Waals surface area contributed by atoms with Crippen molar-refractivity contribution in [1.82, 2.24) is 4.90 Å². The molecule has 47 heavy (non-hydrogen) atoms. The number of nitrogens with zero attached hydrogens (tertiary/aromatic N) is 1. The molecular weight excluding hydrogens is 665 g/mol. The monoisotopic (exact) mass is 695 g/mol. The predicted octanol–water partition coefficient (Wildman–Crippen LogP) is 7.58. The van der Waals surface area contributed by atoms with E-state index in [-0.39, 0.29) is 29.3 Å². The molecule has 0 spiro atoms. The molecule has 256 valence electrons. The Morgan fingerprint density at radius 2 is 1.32 bits per heavy atom. The molecule has 1 aliphatic heterocycles. The molecule has 0 bridgehead atoms. The lowest BCUT2D eigenvalue weighted by atomic mass is 9.79. The third-order valence-corrected chi connectivity index (χ3v) is 11.6. The van der Waals surface area contributed by atoms with Crippen molar-refractivity contribution < 1.29 is 57.4 Å². The predicted molar refractivity (Wildman–Crippen MR) is 151 cm³/mol. The summed E-state index contributed by atoms with van der Waals surface area (Å²) >= 11 is 0. The van der Waals surface area contributed by atoms with Crippen molar-refractivity contribution in [1.29, 1.82) is 0 Å². The van der Waals surface area contributed by atoms with Crippen LogP contribution in [-0.2, 0) is 36.3 Å². The van der Waals surface area contributed by atoms with E-state index in [1.165, 1.54) is 0 Å². The number of morpholine rings is 1. The van der Waals surface area contributed by atoms with E-state index in [1.54, 1.807) is 0 Å². The maximum atomic E-state index is 14.5. The third-order valence-electron chi connectivity index (χ3n) is 9.07. The van der Waals surface area contributed by atoms with Crippen molar-refractivity contribution >= 4 is 9.84 Å². The fraction of sp³-hybridized carbons (Fsp3) is 0.438. The van der Waals surface area contributed by atoms with Crippen molar-refractivity contribution in [3.63, 3.8) is 0 Å². The first-order chi connectivity index (χ1) is 22.0. The Balaban J connectivity index is 1.57. The van der Waals surface area contributed by atoms with Gasteiger partial charge in [0.2, 0.25) is 0 Å². The van der Waals surface area contributed by atoms with Gasteiger partial charge in [0.1, 0.15) is 22.2 Å². The first-order valence-corrected chi connectivity index (χ1v) is 16.2. The number of hydrogen-bond acceptors (Lipinski definition) is 5. The van der Waals surface area contributed by atoms with Gasteiger partial charge in [0.05, 0.1) is 24.7 Å². The minimum atomic E-state index is -6.16. The van der Waals surface area contributed by atoms with Gasteiger partial charge < -0.3 is 9.47 Å². The number of ether oxygens (including phenoxy) is 2. The van der Waals surface area contributed by atoms with E-state index in [2.05, 4.69) is 9.64 Å². The topological polar surface area (TPSA) is 55.8 Å². The summed E-state index contributed by atoms with van der Waals surface area (Å²) in [5, 5.41) is 0. The molecule has 3 aromatic carbocycles. The highest BCUT2D eigenvalue weighted by Gasteiger charge is 2.73. The van der Waals surface area contributed by atoms with E-state index in [1.807, 2.05) is 0 Å². The highest BCUT2D eigenvalue weighted by Crippen LogP contribution is 2.54. The molecule has 1 saturated carbocycles. The van der Waals surface area contributed by atoms with Gasteiger partial charge in [-0.1, -0.05) is 30.3 Å². The Hall–Kier alpha value is -3.14. The Labute approximate surface area is 265 Å². The van der Waals surface area contributed by atoms with Crippen LogP contribution >= 0.6 is 0 Å². The van der Waals surface area contributed by atoms with Gasteiger partial charge in [-0.3, -0.25) is 4.90 Å². The maximum absolute atomic E-state index is 14.5. The van der Waals surface area contributed by atoms with Crippen molar-refractivity contribution in [3.8, 4) is 0 Å². The number of rotatable bonds is 8.